The fraction of sp³-hybridized carbons (Fsp3) is 1.00. The van der Waals surface area contributed by atoms with Crippen molar-refractivity contribution in [1.29, 1.82) is 0 Å². The molecule has 1 aliphatic carbocycles. The average Bonchev–Trinajstić information content (AvgIpc) is 2.42. The highest BCUT2D eigenvalue weighted by Gasteiger charge is 2.46. The van der Waals surface area contributed by atoms with Gasteiger partial charge < -0.3 is 5.32 Å². The Labute approximate surface area is 73.3 Å². The Kier molecular flexibility index (Phi) is 1.92. The van der Waals surface area contributed by atoms with Crippen LogP contribution in [0.2, 0.25) is 0 Å². The van der Waals surface area contributed by atoms with Crippen LogP contribution in [0.3, 0.4) is 0 Å². The Morgan fingerprint density at radius 2 is 2.18 bits per heavy atom. The van der Waals surface area contributed by atoms with E-state index in [0.717, 1.165) is 12.1 Å². The summed E-state index contributed by atoms with van der Waals surface area (Å²) in [5.41, 5.74) is 0.604. The second-order valence-electron chi connectivity index (χ2n) is 4.47. The molecule has 0 spiro atoms. The van der Waals surface area contributed by atoms with E-state index in [1.54, 1.807) is 0 Å². The standard InChI is InChI=1S/C9H17NS/c1-9(2)5-8(9)10-7-3-4-11-6-7/h7-8,10H,3-6H2,1-2H3. The van der Waals surface area contributed by atoms with E-state index in [1.807, 2.05) is 0 Å². The maximum Gasteiger partial charge on any atom is 0.0168 e. The zero-order valence-electron chi connectivity index (χ0n) is 7.39. The summed E-state index contributed by atoms with van der Waals surface area (Å²) in [6.07, 6.45) is 2.77. The van der Waals surface area contributed by atoms with Gasteiger partial charge in [-0.05, 0) is 24.0 Å². The van der Waals surface area contributed by atoms with Gasteiger partial charge in [0, 0.05) is 17.8 Å². The summed E-state index contributed by atoms with van der Waals surface area (Å²) in [7, 11) is 0. The molecule has 2 fully saturated rings. The number of hydrogen-bond donors (Lipinski definition) is 1. The summed E-state index contributed by atoms with van der Waals surface area (Å²) in [6, 6.07) is 1.65. The van der Waals surface area contributed by atoms with E-state index in [1.165, 1.54) is 24.3 Å². The van der Waals surface area contributed by atoms with Crippen molar-refractivity contribution in [3.05, 3.63) is 0 Å². The minimum absolute atomic E-state index is 0.604. The van der Waals surface area contributed by atoms with Crippen LogP contribution in [0.4, 0.5) is 0 Å². The van der Waals surface area contributed by atoms with Crippen molar-refractivity contribution in [2.75, 3.05) is 11.5 Å². The zero-order valence-corrected chi connectivity index (χ0v) is 8.21. The van der Waals surface area contributed by atoms with Gasteiger partial charge in [0.05, 0.1) is 0 Å². The number of nitrogens with one attached hydrogen (secondary N) is 1. The van der Waals surface area contributed by atoms with Crippen LogP contribution in [0.25, 0.3) is 0 Å². The van der Waals surface area contributed by atoms with Crippen LogP contribution in [0.1, 0.15) is 26.7 Å². The highest BCUT2D eigenvalue weighted by molar-refractivity contribution is 7.99. The fourth-order valence-electron chi connectivity index (χ4n) is 1.70. The van der Waals surface area contributed by atoms with Crippen molar-refractivity contribution in [2.24, 2.45) is 5.41 Å². The first kappa shape index (κ1) is 7.93. The first-order chi connectivity index (χ1) is 5.18. The molecular weight excluding hydrogens is 154 g/mol. The van der Waals surface area contributed by atoms with Crippen molar-refractivity contribution in [1.82, 2.24) is 5.32 Å². The molecule has 1 nitrogen and oxygen atoms in total. The topological polar surface area (TPSA) is 12.0 Å². The molecule has 2 heteroatoms. The molecule has 0 aromatic heterocycles. The molecule has 2 unspecified atom stereocenters. The summed E-state index contributed by atoms with van der Waals surface area (Å²) in [5, 5.41) is 3.72. The molecule has 1 aliphatic heterocycles. The van der Waals surface area contributed by atoms with Crippen LogP contribution in [-0.2, 0) is 0 Å². The van der Waals surface area contributed by atoms with E-state index in [4.69, 9.17) is 0 Å². The predicted molar refractivity (Wildman–Crippen MR) is 51.1 cm³/mol. The third kappa shape index (κ3) is 1.73. The van der Waals surface area contributed by atoms with Crippen molar-refractivity contribution in [3.63, 3.8) is 0 Å². The highest BCUT2D eigenvalue weighted by atomic mass is 32.2. The molecule has 0 radical (unpaired) electrons. The number of rotatable bonds is 2. The summed E-state index contributed by atoms with van der Waals surface area (Å²) in [5.74, 6) is 2.71. The van der Waals surface area contributed by atoms with Gasteiger partial charge in [-0.25, -0.2) is 0 Å². The van der Waals surface area contributed by atoms with Gasteiger partial charge in [0.25, 0.3) is 0 Å². The van der Waals surface area contributed by atoms with Gasteiger partial charge in [-0.3, -0.25) is 0 Å². The predicted octanol–water partition coefficient (Wildman–Crippen LogP) is 1.88. The zero-order chi connectivity index (χ0) is 7.90. The summed E-state index contributed by atoms with van der Waals surface area (Å²) in [4.78, 5) is 0. The molecule has 0 aromatic rings. The second kappa shape index (κ2) is 2.67. The van der Waals surface area contributed by atoms with Crippen molar-refractivity contribution in [3.8, 4) is 0 Å². The first-order valence-electron chi connectivity index (χ1n) is 4.52. The van der Waals surface area contributed by atoms with Crippen LogP contribution in [0, 0.1) is 5.41 Å². The smallest absolute Gasteiger partial charge is 0.0168 e. The van der Waals surface area contributed by atoms with Crippen molar-refractivity contribution >= 4 is 11.8 Å². The van der Waals surface area contributed by atoms with Gasteiger partial charge in [0.2, 0.25) is 0 Å². The van der Waals surface area contributed by atoms with E-state index in [0.29, 0.717) is 5.41 Å². The van der Waals surface area contributed by atoms with Gasteiger partial charge in [0.1, 0.15) is 0 Å². The van der Waals surface area contributed by atoms with Crippen molar-refractivity contribution in [2.45, 2.75) is 38.8 Å². The molecule has 1 heterocycles. The Bertz CT molecular complexity index is 147. The highest BCUT2D eigenvalue weighted by Crippen LogP contribution is 2.45. The Balaban J connectivity index is 1.75. The molecule has 0 bridgehead atoms. The Hall–Kier alpha value is 0.310. The van der Waals surface area contributed by atoms with E-state index in [-0.39, 0.29) is 0 Å². The molecule has 2 aliphatic rings. The fourth-order valence-corrected chi connectivity index (χ4v) is 2.87. The normalized spacial score (nSPS) is 40.9. The third-order valence-electron chi connectivity index (χ3n) is 2.88. The van der Waals surface area contributed by atoms with E-state index in [2.05, 4.69) is 30.9 Å². The molecular formula is C9H17NS. The number of thioether (sulfide) groups is 1. The van der Waals surface area contributed by atoms with Crippen LogP contribution in [-0.4, -0.2) is 23.6 Å². The van der Waals surface area contributed by atoms with Crippen LogP contribution in [0.15, 0.2) is 0 Å². The van der Waals surface area contributed by atoms with Gasteiger partial charge >= 0.3 is 0 Å². The molecule has 11 heavy (non-hydrogen) atoms. The monoisotopic (exact) mass is 171 g/mol. The van der Waals surface area contributed by atoms with E-state index >= 15 is 0 Å². The van der Waals surface area contributed by atoms with Crippen LogP contribution in [0.5, 0.6) is 0 Å². The van der Waals surface area contributed by atoms with Gasteiger partial charge in [-0.1, -0.05) is 13.8 Å². The van der Waals surface area contributed by atoms with E-state index in [9.17, 15) is 0 Å². The lowest BCUT2D eigenvalue weighted by Crippen LogP contribution is -2.32. The molecule has 0 amide bonds. The molecule has 1 saturated carbocycles. The Morgan fingerprint density at radius 3 is 2.64 bits per heavy atom. The average molecular weight is 171 g/mol. The van der Waals surface area contributed by atoms with Gasteiger partial charge in [-0.2, -0.15) is 11.8 Å². The molecule has 1 N–H and O–H groups in total. The van der Waals surface area contributed by atoms with Crippen molar-refractivity contribution < 1.29 is 0 Å². The minimum atomic E-state index is 0.604. The lowest BCUT2D eigenvalue weighted by atomic mass is 10.1. The largest absolute Gasteiger partial charge is 0.310 e. The first-order valence-corrected chi connectivity index (χ1v) is 5.68. The van der Waals surface area contributed by atoms with Gasteiger partial charge in [-0.15, -0.1) is 0 Å². The summed E-state index contributed by atoms with van der Waals surface area (Å²) < 4.78 is 0. The lowest BCUT2D eigenvalue weighted by Gasteiger charge is -2.12. The summed E-state index contributed by atoms with van der Waals surface area (Å²) >= 11 is 2.09. The van der Waals surface area contributed by atoms with E-state index < -0.39 is 0 Å². The van der Waals surface area contributed by atoms with Gasteiger partial charge in [0.15, 0.2) is 0 Å². The van der Waals surface area contributed by atoms with Crippen LogP contribution >= 0.6 is 11.8 Å². The molecule has 2 atom stereocenters. The molecule has 64 valence electrons. The second-order valence-corrected chi connectivity index (χ2v) is 5.62. The molecule has 2 rings (SSSR count). The Morgan fingerprint density at radius 1 is 1.45 bits per heavy atom. The SMILES string of the molecule is CC1(C)CC1NC1CCSC1. The maximum atomic E-state index is 3.72. The quantitative estimate of drug-likeness (QED) is 0.681. The lowest BCUT2D eigenvalue weighted by molar-refractivity contribution is 0.485. The summed E-state index contributed by atoms with van der Waals surface area (Å²) in [6.45, 7) is 4.71. The minimum Gasteiger partial charge on any atom is -0.310 e. The maximum absolute atomic E-state index is 3.72. The third-order valence-corrected chi connectivity index (χ3v) is 4.04. The van der Waals surface area contributed by atoms with Crippen LogP contribution < -0.4 is 5.32 Å². The molecule has 0 aromatic carbocycles. The number of hydrogen-bond acceptors (Lipinski definition) is 2. The molecule has 1 saturated heterocycles.